The molecule has 45 heavy (non-hydrogen) atoms. The van der Waals surface area contributed by atoms with Gasteiger partial charge in [-0.25, -0.2) is 0 Å². The predicted octanol–water partition coefficient (Wildman–Crippen LogP) is 5.82. The summed E-state index contributed by atoms with van der Waals surface area (Å²) in [4.78, 5) is 39.1. The number of hydrogen-bond acceptors (Lipinski definition) is 6. The van der Waals surface area contributed by atoms with Crippen molar-refractivity contribution in [2.24, 2.45) is 17.8 Å². The van der Waals surface area contributed by atoms with E-state index in [-0.39, 0.29) is 42.6 Å². The Morgan fingerprint density at radius 1 is 0.889 bits per heavy atom. The highest BCUT2D eigenvalue weighted by molar-refractivity contribution is 6.06. The third-order valence-electron chi connectivity index (χ3n) is 9.65. The van der Waals surface area contributed by atoms with Crippen LogP contribution in [0.2, 0.25) is 0 Å². The molecule has 2 fully saturated rings. The number of amides is 2. The molecule has 1 aliphatic carbocycles. The number of aromatic hydroxyl groups is 1. The second-order valence-corrected chi connectivity index (χ2v) is 12.3. The fourth-order valence-corrected chi connectivity index (χ4v) is 7.49. The van der Waals surface area contributed by atoms with Gasteiger partial charge in [0.15, 0.2) is 0 Å². The number of phenols is 1. The largest absolute Gasteiger partial charge is 0.507 e. The fourth-order valence-electron chi connectivity index (χ4n) is 7.49. The van der Waals surface area contributed by atoms with Crippen LogP contribution >= 0.6 is 0 Å². The van der Waals surface area contributed by atoms with E-state index < -0.39 is 17.8 Å². The smallest absolute Gasteiger partial charge is 0.303 e. The maximum Gasteiger partial charge on any atom is 0.303 e. The number of phenolic OH excluding ortho intramolecular Hbond substituents is 1. The van der Waals surface area contributed by atoms with E-state index in [4.69, 9.17) is 9.84 Å². The van der Waals surface area contributed by atoms with E-state index in [1.165, 1.54) is 4.90 Å². The SMILES string of the molecule is O=C(O)CCCCCN1C(=O)[C@@H]2[C@@H](CC(CO)=C3[C@@H](CC/C(=C/c4ccc(O)c5ccccc45)c4ccccc4)OC[C@@H]32)C1=O. The first-order valence-corrected chi connectivity index (χ1v) is 15.9. The first kappa shape index (κ1) is 30.7. The van der Waals surface area contributed by atoms with E-state index in [0.29, 0.717) is 51.7 Å². The lowest BCUT2D eigenvalue weighted by molar-refractivity contribution is -0.141. The van der Waals surface area contributed by atoms with Crippen molar-refractivity contribution in [3.8, 4) is 5.75 Å². The highest BCUT2D eigenvalue weighted by Gasteiger charge is 2.56. The highest BCUT2D eigenvalue weighted by atomic mass is 16.5. The molecule has 0 aromatic heterocycles. The number of hydrogen-bond donors (Lipinski definition) is 3. The number of aliphatic hydroxyl groups excluding tert-OH is 1. The molecule has 0 bridgehead atoms. The zero-order valence-corrected chi connectivity index (χ0v) is 25.2. The number of nitrogens with zero attached hydrogens (tertiary/aromatic N) is 1. The van der Waals surface area contributed by atoms with Gasteiger partial charge in [-0.05, 0) is 71.4 Å². The number of rotatable bonds is 12. The summed E-state index contributed by atoms with van der Waals surface area (Å²) in [6.07, 6.45) is 5.38. The molecule has 0 radical (unpaired) electrons. The minimum Gasteiger partial charge on any atom is -0.507 e. The second-order valence-electron chi connectivity index (χ2n) is 12.3. The van der Waals surface area contributed by atoms with Gasteiger partial charge in [0.2, 0.25) is 11.8 Å². The lowest BCUT2D eigenvalue weighted by Gasteiger charge is -2.31. The number of aliphatic hydroxyl groups is 1. The molecule has 2 heterocycles. The summed E-state index contributed by atoms with van der Waals surface area (Å²) >= 11 is 0. The zero-order chi connectivity index (χ0) is 31.5. The topological polar surface area (TPSA) is 124 Å². The highest BCUT2D eigenvalue weighted by Crippen LogP contribution is 2.50. The standard InChI is InChI=1S/C37H39NO7/c39-21-26-20-29-35(37(44)38(36(29)43)18-8-2-5-13-33(41)42)30-22-45-32(34(26)30)17-15-24(23-9-3-1-4-10-23)19-25-14-16-31(40)28-12-7-6-11-27(25)28/h1,3-4,6-7,9-12,14,16,19,29-30,32,35,39-40H,2,5,8,13,15,17-18,20-22H2,(H,41,42)/b24-19-/t29-,30+,32-,35-/m1/s1. The second kappa shape index (κ2) is 13.4. The van der Waals surface area contributed by atoms with E-state index in [0.717, 1.165) is 38.6 Å². The summed E-state index contributed by atoms with van der Waals surface area (Å²) in [6, 6.07) is 21.6. The molecule has 2 amide bonds. The fraction of sp³-hybridized carbons (Fsp3) is 0.378. The van der Waals surface area contributed by atoms with Gasteiger partial charge in [-0.2, -0.15) is 0 Å². The number of benzene rings is 3. The molecule has 8 heteroatoms. The molecule has 3 N–H and O–H groups in total. The number of ether oxygens (including phenoxy) is 1. The van der Waals surface area contributed by atoms with Crippen molar-refractivity contribution < 1.29 is 34.4 Å². The average molecular weight is 610 g/mol. The van der Waals surface area contributed by atoms with Crippen LogP contribution in [-0.2, 0) is 19.1 Å². The number of imide groups is 1. The van der Waals surface area contributed by atoms with Gasteiger partial charge in [0.05, 0.1) is 31.2 Å². The van der Waals surface area contributed by atoms with Crippen LogP contribution in [0, 0.1) is 17.8 Å². The van der Waals surface area contributed by atoms with E-state index in [1.807, 2.05) is 48.5 Å². The molecule has 0 saturated carbocycles. The van der Waals surface area contributed by atoms with Gasteiger partial charge in [0, 0.05) is 24.3 Å². The number of carbonyl (C=O) groups is 3. The third kappa shape index (κ3) is 6.17. The van der Waals surface area contributed by atoms with Crippen molar-refractivity contribution in [2.75, 3.05) is 19.8 Å². The number of fused-ring (bicyclic) bond motifs is 4. The molecule has 6 rings (SSSR count). The summed E-state index contributed by atoms with van der Waals surface area (Å²) in [7, 11) is 0. The van der Waals surface area contributed by atoms with Gasteiger partial charge in [-0.1, -0.05) is 73.2 Å². The zero-order valence-electron chi connectivity index (χ0n) is 25.2. The number of aliphatic carboxylic acids is 1. The van der Waals surface area contributed by atoms with Gasteiger partial charge in [-0.3, -0.25) is 19.3 Å². The van der Waals surface area contributed by atoms with Gasteiger partial charge in [0.25, 0.3) is 0 Å². The Kier molecular flexibility index (Phi) is 9.14. The Hall–Kier alpha value is -4.27. The van der Waals surface area contributed by atoms with Crippen LogP contribution in [0.25, 0.3) is 22.4 Å². The monoisotopic (exact) mass is 609 g/mol. The number of unbranched alkanes of at least 4 members (excludes halogenated alkanes) is 2. The molecule has 234 valence electrons. The van der Waals surface area contributed by atoms with Crippen LogP contribution in [0.15, 0.2) is 77.9 Å². The molecule has 0 spiro atoms. The number of carbonyl (C=O) groups excluding carboxylic acids is 2. The molecule has 2 saturated heterocycles. The molecule has 8 nitrogen and oxygen atoms in total. The van der Waals surface area contributed by atoms with Gasteiger partial charge >= 0.3 is 5.97 Å². The molecule has 0 unspecified atom stereocenters. The number of carboxylic acid groups (broad SMARTS) is 1. The molecular formula is C37H39NO7. The van der Waals surface area contributed by atoms with Crippen molar-refractivity contribution in [3.05, 3.63) is 89.0 Å². The first-order valence-electron chi connectivity index (χ1n) is 15.9. The Morgan fingerprint density at radius 2 is 1.64 bits per heavy atom. The summed E-state index contributed by atoms with van der Waals surface area (Å²) in [5.41, 5.74) is 4.98. The van der Waals surface area contributed by atoms with Gasteiger partial charge in [-0.15, -0.1) is 0 Å². The summed E-state index contributed by atoms with van der Waals surface area (Å²) < 4.78 is 6.35. The maximum atomic E-state index is 13.6. The lowest BCUT2D eigenvalue weighted by atomic mass is 9.69. The van der Waals surface area contributed by atoms with E-state index in [1.54, 1.807) is 6.07 Å². The summed E-state index contributed by atoms with van der Waals surface area (Å²) in [6.45, 7) is 0.456. The van der Waals surface area contributed by atoms with Crippen molar-refractivity contribution in [2.45, 2.75) is 51.0 Å². The quantitative estimate of drug-likeness (QED) is 0.102. The van der Waals surface area contributed by atoms with Crippen molar-refractivity contribution >= 4 is 40.2 Å². The normalized spacial score (nSPS) is 23.1. The van der Waals surface area contributed by atoms with Crippen LogP contribution in [0.3, 0.4) is 0 Å². The van der Waals surface area contributed by atoms with Crippen LogP contribution in [0.1, 0.15) is 56.1 Å². The number of allylic oxidation sites excluding steroid dienone is 1. The minimum absolute atomic E-state index is 0.0772. The van der Waals surface area contributed by atoms with Crippen molar-refractivity contribution in [1.29, 1.82) is 0 Å². The van der Waals surface area contributed by atoms with E-state index >= 15 is 0 Å². The van der Waals surface area contributed by atoms with E-state index in [2.05, 4.69) is 18.2 Å². The molecule has 2 aliphatic heterocycles. The summed E-state index contributed by atoms with van der Waals surface area (Å²) in [5.74, 6) is -2.18. The maximum absolute atomic E-state index is 13.6. The third-order valence-corrected chi connectivity index (χ3v) is 9.65. The molecule has 4 atom stereocenters. The molecule has 3 aliphatic rings. The molecular weight excluding hydrogens is 570 g/mol. The van der Waals surface area contributed by atoms with E-state index in [9.17, 15) is 24.6 Å². The lowest BCUT2D eigenvalue weighted by Crippen LogP contribution is -2.35. The average Bonchev–Trinajstić information content (AvgIpc) is 3.58. The minimum atomic E-state index is -0.847. The predicted molar refractivity (Wildman–Crippen MR) is 171 cm³/mol. The Balaban J connectivity index is 1.22. The van der Waals surface area contributed by atoms with Crippen LogP contribution in [0.4, 0.5) is 0 Å². The Morgan fingerprint density at radius 3 is 2.40 bits per heavy atom. The number of carboxylic acids is 1. The first-order chi connectivity index (χ1) is 21.9. The molecule has 3 aromatic rings. The summed E-state index contributed by atoms with van der Waals surface area (Å²) in [5, 5.41) is 31.5. The van der Waals surface area contributed by atoms with Crippen LogP contribution < -0.4 is 0 Å². The van der Waals surface area contributed by atoms with Gasteiger partial charge < -0.3 is 20.1 Å². The van der Waals surface area contributed by atoms with Crippen LogP contribution in [-0.4, -0.2) is 63.9 Å². The van der Waals surface area contributed by atoms with Crippen molar-refractivity contribution in [1.82, 2.24) is 4.90 Å². The number of likely N-dealkylation sites (tertiary alicyclic amines) is 1. The Bertz CT molecular complexity index is 1660. The van der Waals surface area contributed by atoms with Crippen LogP contribution in [0.5, 0.6) is 5.75 Å². The Labute approximate surface area is 262 Å². The van der Waals surface area contributed by atoms with Crippen molar-refractivity contribution in [3.63, 3.8) is 0 Å². The van der Waals surface area contributed by atoms with Gasteiger partial charge in [0.1, 0.15) is 5.75 Å². The molecule has 3 aromatic carbocycles.